The van der Waals surface area contributed by atoms with Gasteiger partial charge in [0, 0.05) is 30.5 Å². The molecule has 0 fully saturated rings. The molecule has 0 radical (unpaired) electrons. The monoisotopic (exact) mass is 389 g/mol. The molecule has 2 bridgehead atoms. The van der Waals surface area contributed by atoms with E-state index in [1.54, 1.807) is 0 Å². The van der Waals surface area contributed by atoms with Gasteiger partial charge in [0.05, 0.1) is 19.3 Å². The van der Waals surface area contributed by atoms with Crippen molar-refractivity contribution < 1.29 is 4.48 Å². The van der Waals surface area contributed by atoms with E-state index in [9.17, 15) is 0 Å². The molecule has 1 N–H and O–H groups in total. The Balaban J connectivity index is 1.68. The van der Waals surface area contributed by atoms with E-state index in [4.69, 9.17) is 0 Å². The highest BCUT2D eigenvalue weighted by Gasteiger charge is 2.44. The van der Waals surface area contributed by atoms with Crippen molar-refractivity contribution in [3.63, 3.8) is 0 Å². The summed E-state index contributed by atoms with van der Waals surface area (Å²) in [5.41, 5.74) is 6.47. The van der Waals surface area contributed by atoms with Crippen LogP contribution in [0.3, 0.4) is 0 Å². The molecule has 2 heterocycles. The Morgan fingerprint density at radius 3 is 2.52 bits per heavy atom. The van der Waals surface area contributed by atoms with Gasteiger partial charge in [-0.05, 0) is 30.4 Å². The molecule has 2 aliphatic heterocycles. The van der Waals surface area contributed by atoms with E-state index in [2.05, 4.69) is 98.8 Å². The molecule has 152 valence electrons. The molecule has 2 aromatic carbocycles. The number of nitrogens with zero attached hydrogens (tertiary/aromatic N) is 3. The number of fused-ring (bicyclic) bond motifs is 5. The smallest absolute Gasteiger partial charge is 0.220 e. The minimum absolute atomic E-state index is 0.162. The molecular weight excluding hydrogens is 356 g/mol. The Labute approximate surface area is 175 Å². The van der Waals surface area contributed by atoms with Crippen LogP contribution >= 0.6 is 0 Å². The van der Waals surface area contributed by atoms with Crippen molar-refractivity contribution in [3.05, 3.63) is 70.8 Å². The van der Waals surface area contributed by atoms with Gasteiger partial charge < -0.3 is 0 Å². The molecule has 0 saturated carbocycles. The third-order valence-electron chi connectivity index (χ3n) is 7.09. The van der Waals surface area contributed by atoms with Gasteiger partial charge in [0.1, 0.15) is 0 Å². The normalized spacial score (nSPS) is 25.3. The Morgan fingerprint density at radius 2 is 1.79 bits per heavy atom. The highest BCUT2D eigenvalue weighted by molar-refractivity contribution is 6.03. The Hall–Kier alpha value is -2.30. The van der Waals surface area contributed by atoms with Gasteiger partial charge in [-0.25, -0.2) is 0 Å². The van der Waals surface area contributed by atoms with Crippen LogP contribution in [0.15, 0.2) is 58.7 Å². The fraction of sp³-hybridized carbons (Fsp3) is 0.440. The Bertz CT molecular complexity index is 944. The number of quaternary nitrogens is 1. The van der Waals surface area contributed by atoms with Crippen LogP contribution in [-0.4, -0.2) is 35.7 Å². The first-order chi connectivity index (χ1) is 13.9. The predicted octanol–water partition coefficient (Wildman–Crippen LogP) is 5.02. The Morgan fingerprint density at radius 1 is 1.07 bits per heavy atom. The van der Waals surface area contributed by atoms with Crippen molar-refractivity contribution in [2.24, 2.45) is 10.2 Å². The van der Waals surface area contributed by atoms with Gasteiger partial charge in [0.2, 0.25) is 5.84 Å². The van der Waals surface area contributed by atoms with Gasteiger partial charge in [0.15, 0.2) is 6.17 Å². The number of hydrogen-bond donors (Lipinski definition) is 1. The molecule has 4 heteroatoms. The largest absolute Gasteiger partial charge is 0.261 e. The number of nitrogens with one attached hydrogen (secondary N) is 1. The molecular formula is C25H33N4+. The van der Waals surface area contributed by atoms with Gasteiger partial charge >= 0.3 is 0 Å². The zero-order chi connectivity index (χ0) is 20.6. The lowest BCUT2D eigenvalue weighted by atomic mass is 9.92. The second-order valence-corrected chi connectivity index (χ2v) is 8.76. The average molecular weight is 390 g/mol. The molecule has 4 rings (SSSR count). The molecule has 0 saturated heterocycles. The molecule has 0 amide bonds. The third kappa shape index (κ3) is 3.56. The lowest BCUT2D eigenvalue weighted by Gasteiger charge is -2.41. The van der Waals surface area contributed by atoms with Crippen LogP contribution in [0.1, 0.15) is 68.5 Å². The van der Waals surface area contributed by atoms with E-state index in [1.165, 1.54) is 22.3 Å². The van der Waals surface area contributed by atoms with Crippen molar-refractivity contribution in [1.29, 1.82) is 0 Å². The highest BCUT2D eigenvalue weighted by Crippen LogP contribution is 2.36. The predicted molar refractivity (Wildman–Crippen MR) is 121 cm³/mol. The molecule has 4 nitrogen and oxygen atoms in total. The second-order valence-electron chi connectivity index (χ2n) is 8.76. The van der Waals surface area contributed by atoms with Crippen molar-refractivity contribution in [2.45, 2.75) is 58.7 Å². The first-order valence-electron chi connectivity index (χ1n) is 10.8. The number of hydrogen-bond acceptors (Lipinski definition) is 3. The fourth-order valence-electron chi connectivity index (χ4n) is 4.59. The zero-order valence-corrected chi connectivity index (χ0v) is 18.3. The summed E-state index contributed by atoms with van der Waals surface area (Å²) < 4.78 is 0.760. The first kappa shape index (κ1) is 20.0. The molecule has 0 spiro atoms. The summed E-state index contributed by atoms with van der Waals surface area (Å²) in [6.07, 6.45) is 2.20. The standard InChI is InChI=1S/C25H33N4/c1-6-20-11-13-21(14-12-20)17(2)18(3)26-25-23-10-8-7-9-22(23)24-15-16-29(25,5)19(4)27-28-24/h7-14,17-18,25-26H,6,15-16H2,1-5H3/q+1. The van der Waals surface area contributed by atoms with Gasteiger partial charge in [-0.1, -0.05) is 67.5 Å². The van der Waals surface area contributed by atoms with Gasteiger partial charge in [0.25, 0.3) is 0 Å². The quantitative estimate of drug-likeness (QED) is 0.717. The summed E-state index contributed by atoms with van der Waals surface area (Å²) in [5.74, 6) is 1.48. The number of aryl methyl sites for hydroxylation is 1. The third-order valence-corrected chi connectivity index (χ3v) is 7.09. The zero-order valence-electron chi connectivity index (χ0n) is 18.3. The van der Waals surface area contributed by atoms with E-state index in [0.717, 1.165) is 35.4 Å². The minimum Gasteiger partial charge on any atom is -0.261 e. The van der Waals surface area contributed by atoms with E-state index >= 15 is 0 Å². The maximum Gasteiger partial charge on any atom is 0.220 e. The van der Waals surface area contributed by atoms with Gasteiger partial charge in [-0.3, -0.25) is 9.80 Å². The highest BCUT2D eigenvalue weighted by atomic mass is 15.5. The molecule has 4 atom stereocenters. The topological polar surface area (TPSA) is 36.8 Å². The average Bonchev–Trinajstić information content (AvgIpc) is 2.97. The molecule has 2 aliphatic rings. The minimum atomic E-state index is 0.162. The van der Waals surface area contributed by atoms with Crippen LogP contribution in [0, 0.1) is 0 Å². The molecule has 0 aromatic heterocycles. The molecule has 4 unspecified atom stereocenters. The summed E-state index contributed by atoms with van der Waals surface area (Å²) in [6.45, 7) is 9.96. The summed E-state index contributed by atoms with van der Waals surface area (Å²) in [6, 6.07) is 18.1. The lowest BCUT2D eigenvalue weighted by molar-refractivity contribution is -0.858. The number of rotatable bonds is 5. The first-order valence-corrected chi connectivity index (χ1v) is 10.8. The van der Waals surface area contributed by atoms with Crippen LogP contribution < -0.4 is 5.32 Å². The summed E-state index contributed by atoms with van der Waals surface area (Å²) in [5, 5.41) is 13.2. The van der Waals surface area contributed by atoms with E-state index in [-0.39, 0.29) is 6.17 Å². The van der Waals surface area contributed by atoms with Gasteiger partial charge in [-0.15, -0.1) is 5.10 Å². The maximum absolute atomic E-state index is 4.60. The van der Waals surface area contributed by atoms with Crippen LogP contribution in [0.2, 0.25) is 0 Å². The van der Waals surface area contributed by atoms with Gasteiger partial charge in [-0.2, -0.15) is 0 Å². The SMILES string of the molecule is CCc1ccc(C(C)C(C)NC2c3ccccc3C3=NN=C(C)[N+]2(C)CC3)cc1. The van der Waals surface area contributed by atoms with Crippen molar-refractivity contribution in [2.75, 3.05) is 13.6 Å². The van der Waals surface area contributed by atoms with E-state index in [0.29, 0.717) is 12.0 Å². The van der Waals surface area contributed by atoms with Crippen molar-refractivity contribution >= 4 is 11.5 Å². The van der Waals surface area contributed by atoms with Crippen LogP contribution in [0.5, 0.6) is 0 Å². The summed E-state index contributed by atoms with van der Waals surface area (Å²) in [7, 11) is 2.30. The summed E-state index contributed by atoms with van der Waals surface area (Å²) >= 11 is 0. The van der Waals surface area contributed by atoms with Crippen LogP contribution in [0.4, 0.5) is 0 Å². The molecule has 2 aromatic rings. The number of benzene rings is 2. The maximum atomic E-state index is 4.60. The lowest BCUT2D eigenvalue weighted by Crippen LogP contribution is -2.57. The second kappa shape index (κ2) is 7.85. The van der Waals surface area contributed by atoms with Crippen LogP contribution in [0.25, 0.3) is 0 Å². The van der Waals surface area contributed by atoms with Crippen molar-refractivity contribution in [1.82, 2.24) is 5.32 Å². The number of amidine groups is 1. The Kier molecular flexibility index (Phi) is 5.41. The fourth-order valence-corrected chi connectivity index (χ4v) is 4.59. The van der Waals surface area contributed by atoms with Crippen LogP contribution in [-0.2, 0) is 6.42 Å². The van der Waals surface area contributed by atoms with E-state index in [1.807, 2.05) is 0 Å². The molecule has 0 aliphatic carbocycles. The molecule has 29 heavy (non-hydrogen) atoms. The van der Waals surface area contributed by atoms with E-state index < -0.39 is 0 Å². The van der Waals surface area contributed by atoms with Crippen molar-refractivity contribution in [3.8, 4) is 0 Å². The summed E-state index contributed by atoms with van der Waals surface area (Å²) in [4.78, 5) is 0.